The predicted molar refractivity (Wildman–Crippen MR) is 72.8 cm³/mol. The standard InChI is InChI=1S/C13H14F3N3S/c1-3-11-18-19-12(20-11)17-8(2)9-6-4-5-7-10(9)13(14,15)16/h4-8H,3H2,1-2H3,(H,17,19). The van der Waals surface area contributed by atoms with Gasteiger partial charge in [-0.1, -0.05) is 36.5 Å². The van der Waals surface area contributed by atoms with Crippen molar-refractivity contribution >= 4 is 16.5 Å². The third kappa shape index (κ3) is 3.27. The van der Waals surface area contributed by atoms with E-state index >= 15 is 0 Å². The van der Waals surface area contributed by atoms with Crippen molar-refractivity contribution in [3.8, 4) is 0 Å². The molecule has 0 bridgehead atoms. The van der Waals surface area contributed by atoms with Crippen LogP contribution in [0.2, 0.25) is 0 Å². The zero-order valence-electron chi connectivity index (χ0n) is 11.0. The minimum atomic E-state index is -4.36. The molecule has 2 rings (SSSR count). The highest BCUT2D eigenvalue weighted by molar-refractivity contribution is 7.15. The Kier molecular flexibility index (Phi) is 4.27. The molecule has 1 heterocycles. The van der Waals surface area contributed by atoms with E-state index in [2.05, 4.69) is 15.5 Å². The van der Waals surface area contributed by atoms with Gasteiger partial charge in [0.2, 0.25) is 5.13 Å². The van der Waals surface area contributed by atoms with Crippen LogP contribution in [0.4, 0.5) is 18.3 Å². The third-order valence-corrected chi connectivity index (χ3v) is 3.84. The zero-order chi connectivity index (χ0) is 14.8. The first kappa shape index (κ1) is 14.8. The fourth-order valence-corrected chi connectivity index (χ4v) is 2.62. The number of nitrogens with zero attached hydrogens (tertiary/aromatic N) is 2. The summed E-state index contributed by atoms with van der Waals surface area (Å²) < 4.78 is 38.9. The maximum atomic E-state index is 13.0. The Balaban J connectivity index is 2.23. The molecule has 1 aromatic carbocycles. The minimum Gasteiger partial charge on any atom is -0.354 e. The molecule has 0 fully saturated rings. The van der Waals surface area contributed by atoms with Gasteiger partial charge in [-0.15, -0.1) is 10.2 Å². The number of hydrogen-bond donors (Lipinski definition) is 1. The molecule has 3 nitrogen and oxygen atoms in total. The second kappa shape index (κ2) is 5.78. The van der Waals surface area contributed by atoms with Gasteiger partial charge in [-0.2, -0.15) is 13.2 Å². The van der Waals surface area contributed by atoms with Gasteiger partial charge in [-0.05, 0) is 25.0 Å². The van der Waals surface area contributed by atoms with E-state index in [0.717, 1.165) is 17.5 Å². The quantitative estimate of drug-likeness (QED) is 0.915. The second-order valence-corrected chi connectivity index (χ2v) is 5.37. The number of alkyl halides is 3. The minimum absolute atomic E-state index is 0.202. The van der Waals surface area contributed by atoms with E-state index < -0.39 is 17.8 Å². The highest BCUT2D eigenvalue weighted by atomic mass is 32.1. The Morgan fingerprint density at radius 2 is 1.95 bits per heavy atom. The van der Waals surface area contributed by atoms with Crippen LogP contribution in [-0.4, -0.2) is 10.2 Å². The monoisotopic (exact) mass is 301 g/mol. The van der Waals surface area contributed by atoms with Gasteiger partial charge >= 0.3 is 6.18 Å². The van der Waals surface area contributed by atoms with E-state index in [1.54, 1.807) is 13.0 Å². The molecule has 7 heteroatoms. The molecule has 0 saturated carbocycles. The Morgan fingerprint density at radius 1 is 1.25 bits per heavy atom. The average molecular weight is 301 g/mol. The Bertz CT molecular complexity index is 580. The molecule has 0 radical (unpaired) electrons. The Labute approximate surface area is 118 Å². The second-order valence-electron chi connectivity index (χ2n) is 4.31. The molecule has 108 valence electrons. The van der Waals surface area contributed by atoms with Crippen LogP contribution in [0, 0.1) is 0 Å². The highest BCUT2D eigenvalue weighted by Gasteiger charge is 2.34. The molecule has 20 heavy (non-hydrogen) atoms. The number of benzene rings is 1. The van der Waals surface area contributed by atoms with Crippen LogP contribution in [0.5, 0.6) is 0 Å². The summed E-state index contributed by atoms with van der Waals surface area (Å²) in [7, 11) is 0. The zero-order valence-corrected chi connectivity index (χ0v) is 11.8. The fourth-order valence-electron chi connectivity index (χ4n) is 1.85. The number of anilines is 1. The van der Waals surface area contributed by atoms with Crippen molar-refractivity contribution < 1.29 is 13.2 Å². The summed E-state index contributed by atoms with van der Waals surface area (Å²) in [5, 5.41) is 12.2. The molecule has 0 amide bonds. The lowest BCUT2D eigenvalue weighted by Crippen LogP contribution is -2.15. The molecule has 0 aliphatic carbocycles. The fraction of sp³-hybridized carbons (Fsp3) is 0.385. The van der Waals surface area contributed by atoms with Gasteiger partial charge in [0.15, 0.2) is 0 Å². The lowest BCUT2D eigenvalue weighted by atomic mass is 10.0. The van der Waals surface area contributed by atoms with Crippen LogP contribution in [0.1, 0.15) is 36.0 Å². The van der Waals surface area contributed by atoms with Gasteiger partial charge in [0.05, 0.1) is 11.6 Å². The summed E-state index contributed by atoms with van der Waals surface area (Å²) in [6.07, 6.45) is -3.60. The molecule has 1 atom stereocenters. The Hall–Kier alpha value is -1.63. The van der Waals surface area contributed by atoms with Crippen molar-refractivity contribution in [3.05, 3.63) is 40.4 Å². The van der Waals surface area contributed by atoms with Crippen LogP contribution in [0.3, 0.4) is 0 Å². The van der Waals surface area contributed by atoms with E-state index in [4.69, 9.17) is 0 Å². The normalized spacial score (nSPS) is 13.2. The molecule has 2 aromatic rings. The molecule has 1 unspecified atom stereocenters. The van der Waals surface area contributed by atoms with Crippen molar-refractivity contribution in [2.75, 3.05) is 5.32 Å². The van der Waals surface area contributed by atoms with Gasteiger partial charge in [0.25, 0.3) is 0 Å². The molecule has 1 N–H and O–H groups in total. The topological polar surface area (TPSA) is 37.8 Å². The van der Waals surface area contributed by atoms with E-state index in [1.807, 2.05) is 6.92 Å². The average Bonchev–Trinajstić information content (AvgIpc) is 2.85. The van der Waals surface area contributed by atoms with Crippen molar-refractivity contribution in [1.82, 2.24) is 10.2 Å². The number of hydrogen-bond acceptors (Lipinski definition) is 4. The van der Waals surface area contributed by atoms with Gasteiger partial charge in [0.1, 0.15) is 5.01 Å². The first-order valence-electron chi connectivity index (χ1n) is 6.17. The summed E-state index contributed by atoms with van der Waals surface area (Å²) in [6, 6.07) is 5.05. The predicted octanol–water partition coefficient (Wildman–Crippen LogP) is 4.29. The van der Waals surface area contributed by atoms with Crippen LogP contribution in [-0.2, 0) is 12.6 Å². The smallest absolute Gasteiger partial charge is 0.354 e. The van der Waals surface area contributed by atoms with E-state index in [9.17, 15) is 13.2 Å². The number of halogens is 3. The molecular weight excluding hydrogens is 287 g/mol. The largest absolute Gasteiger partial charge is 0.416 e. The highest BCUT2D eigenvalue weighted by Crippen LogP contribution is 2.35. The summed E-state index contributed by atoms with van der Waals surface area (Å²) in [5.74, 6) is 0. The third-order valence-electron chi connectivity index (χ3n) is 2.84. The first-order chi connectivity index (χ1) is 9.41. The molecule has 0 spiro atoms. The molecule has 0 aliphatic rings. The lowest BCUT2D eigenvalue weighted by Gasteiger charge is -2.18. The maximum Gasteiger partial charge on any atom is 0.416 e. The molecule has 0 aliphatic heterocycles. The van der Waals surface area contributed by atoms with Crippen LogP contribution < -0.4 is 5.32 Å². The van der Waals surface area contributed by atoms with Gasteiger partial charge in [-0.25, -0.2) is 0 Å². The summed E-state index contributed by atoms with van der Waals surface area (Å²) >= 11 is 1.35. The number of aryl methyl sites for hydroxylation is 1. The van der Waals surface area contributed by atoms with E-state index in [0.29, 0.717) is 5.13 Å². The van der Waals surface area contributed by atoms with E-state index in [-0.39, 0.29) is 5.56 Å². The number of rotatable bonds is 4. The van der Waals surface area contributed by atoms with Crippen molar-refractivity contribution in [1.29, 1.82) is 0 Å². The van der Waals surface area contributed by atoms with Crippen molar-refractivity contribution in [2.24, 2.45) is 0 Å². The van der Waals surface area contributed by atoms with Crippen LogP contribution >= 0.6 is 11.3 Å². The van der Waals surface area contributed by atoms with Crippen LogP contribution in [0.15, 0.2) is 24.3 Å². The molecular formula is C13H14F3N3S. The molecule has 1 aromatic heterocycles. The van der Waals surface area contributed by atoms with Gasteiger partial charge in [0, 0.05) is 0 Å². The summed E-state index contributed by atoms with van der Waals surface area (Å²) in [4.78, 5) is 0. The van der Waals surface area contributed by atoms with Crippen LogP contribution in [0.25, 0.3) is 0 Å². The van der Waals surface area contributed by atoms with Crippen molar-refractivity contribution in [2.45, 2.75) is 32.5 Å². The molecule has 0 saturated heterocycles. The number of nitrogens with one attached hydrogen (secondary N) is 1. The van der Waals surface area contributed by atoms with Gasteiger partial charge in [-0.3, -0.25) is 0 Å². The van der Waals surface area contributed by atoms with Crippen molar-refractivity contribution in [3.63, 3.8) is 0 Å². The lowest BCUT2D eigenvalue weighted by molar-refractivity contribution is -0.138. The Morgan fingerprint density at radius 3 is 2.55 bits per heavy atom. The van der Waals surface area contributed by atoms with Gasteiger partial charge < -0.3 is 5.32 Å². The number of aromatic nitrogens is 2. The summed E-state index contributed by atoms with van der Waals surface area (Å²) in [5.41, 5.74) is -0.423. The SMILES string of the molecule is CCc1nnc(NC(C)c2ccccc2C(F)(F)F)s1. The first-order valence-corrected chi connectivity index (χ1v) is 6.98. The maximum absolute atomic E-state index is 13.0. The summed E-state index contributed by atoms with van der Waals surface area (Å²) in [6.45, 7) is 3.63. The van der Waals surface area contributed by atoms with E-state index in [1.165, 1.54) is 23.5 Å².